The summed E-state index contributed by atoms with van der Waals surface area (Å²) in [6.07, 6.45) is 2.65. The average Bonchev–Trinajstić information content (AvgIpc) is 3.42. The van der Waals surface area contributed by atoms with Crippen LogP contribution < -0.4 is 14.5 Å². The molecule has 0 spiro atoms. The Bertz CT molecular complexity index is 1630. The Hall–Kier alpha value is -4.47. The van der Waals surface area contributed by atoms with Crippen molar-refractivity contribution >= 4 is 44.9 Å². The molecule has 0 aliphatic carbocycles. The second-order valence-corrected chi connectivity index (χ2v) is 8.76. The molecule has 0 bridgehead atoms. The zero-order valence-electron chi connectivity index (χ0n) is 19.6. The molecule has 1 aliphatic rings. The van der Waals surface area contributed by atoms with E-state index >= 15 is 0 Å². The van der Waals surface area contributed by atoms with Crippen molar-refractivity contribution in [3.8, 4) is 5.75 Å². The monoisotopic (exact) mass is 488 g/mol. The molecule has 36 heavy (non-hydrogen) atoms. The largest absolute Gasteiger partial charge is 0.486 e. The first-order valence-corrected chi connectivity index (χ1v) is 11.4. The van der Waals surface area contributed by atoms with Crippen molar-refractivity contribution in [3.63, 3.8) is 0 Å². The van der Waals surface area contributed by atoms with Gasteiger partial charge in [0.05, 0.1) is 35.3 Å². The van der Waals surface area contributed by atoms with Gasteiger partial charge in [0.2, 0.25) is 0 Å². The quantitative estimate of drug-likeness (QED) is 0.333. The van der Waals surface area contributed by atoms with Gasteiger partial charge < -0.3 is 9.30 Å². The summed E-state index contributed by atoms with van der Waals surface area (Å²) in [7, 11) is 3.80. The third kappa shape index (κ3) is 3.71. The van der Waals surface area contributed by atoms with Crippen LogP contribution in [-0.2, 0) is 20.6 Å². The Labute approximate surface area is 204 Å². The van der Waals surface area contributed by atoms with E-state index in [4.69, 9.17) is 4.74 Å². The minimum Gasteiger partial charge on any atom is -0.486 e. The smallest absolute Gasteiger partial charge is 0.334 e. The standard InChI is InChI=1S/C26H22F2N6O2/c1-31-8-7-16-9-19(4-6-23(16)31)34-24-11-20(36-15-25(27)28)12-29-22(24)14-33(26(34)35)18-3-5-21-17(10-18)13-32(2)30-21/h3-13,25H,14-15H2,1-2H3. The van der Waals surface area contributed by atoms with Crippen molar-refractivity contribution in [1.82, 2.24) is 19.3 Å². The molecule has 0 atom stereocenters. The number of carbonyl (C=O) groups excluding carboxylic acids is 1. The third-order valence-corrected chi connectivity index (χ3v) is 6.31. The summed E-state index contributed by atoms with van der Waals surface area (Å²) in [5, 5.41) is 6.29. The molecule has 0 fully saturated rings. The van der Waals surface area contributed by atoms with Gasteiger partial charge in [-0.15, -0.1) is 0 Å². The van der Waals surface area contributed by atoms with Gasteiger partial charge in [0.25, 0.3) is 6.43 Å². The summed E-state index contributed by atoms with van der Waals surface area (Å²) in [6, 6.07) is 14.7. The van der Waals surface area contributed by atoms with Crippen LogP contribution in [0.25, 0.3) is 21.8 Å². The van der Waals surface area contributed by atoms with E-state index in [9.17, 15) is 13.6 Å². The van der Waals surface area contributed by atoms with Crippen molar-refractivity contribution in [3.05, 3.63) is 72.8 Å². The number of anilines is 3. The number of aryl methyl sites for hydroxylation is 2. The Morgan fingerprint density at radius 3 is 2.67 bits per heavy atom. The molecule has 5 aromatic rings. The SMILES string of the molecule is Cn1cc2cc(N3Cc4ncc(OCC(F)F)cc4N(c4ccc5c(ccn5C)c4)C3=O)ccc2n1. The van der Waals surface area contributed by atoms with E-state index in [0.717, 1.165) is 21.8 Å². The zero-order chi connectivity index (χ0) is 25.0. The van der Waals surface area contributed by atoms with Gasteiger partial charge in [-0.2, -0.15) is 5.10 Å². The van der Waals surface area contributed by atoms with Crippen LogP contribution in [0.3, 0.4) is 0 Å². The predicted octanol–water partition coefficient (Wildman–Crippen LogP) is 5.38. The first kappa shape index (κ1) is 22.0. The number of alkyl halides is 2. The highest BCUT2D eigenvalue weighted by molar-refractivity contribution is 6.12. The molecule has 1 aliphatic heterocycles. The Kier molecular flexibility index (Phi) is 5.10. The van der Waals surface area contributed by atoms with Gasteiger partial charge in [0.1, 0.15) is 12.4 Å². The number of amides is 2. The fourth-order valence-corrected chi connectivity index (χ4v) is 4.62. The number of benzene rings is 2. The van der Waals surface area contributed by atoms with Crippen molar-refractivity contribution in [2.75, 3.05) is 16.4 Å². The van der Waals surface area contributed by atoms with Crippen molar-refractivity contribution in [2.45, 2.75) is 13.0 Å². The molecular formula is C26H22F2N6O2. The lowest BCUT2D eigenvalue weighted by atomic mass is 10.1. The van der Waals surface area contributed by atoms with Crippen LogP contribution in [0, 0.1) is 0 Å². The summed E-state index contributed by atoms with van der Waals surface area (Å²) in [5.41, 5.74) is 4.32. The van der Waals surface area contributed by atoms with E-state index in [-0.39, 0.29) is 18.3 Å². The number of pyridine rings is 1. The highest BCUT2D eigenvalue weighted by Crippen LogP contribution is 2.39. The molecular weight excluding hydrogens is 466 g/mol. The first-order valence-electron chi connectivity index (χ1n) is 11.4. The molecule has 0 saturated carbocycles. The van der Waals surface area contributed by atoms with E-state index in [1.54, 1.807) is 20.5 Å². The van der Waals surface area contributed by atoms with Gasteiger partial charge >= 0.3 is 6.03 Å². The molecule has 0 radical (unpaired) electrons. The highest BCUT2D eigenvalue weighted by Gasteiger charge is 2.34. The molecule has 2 aromatic carbocycles. The van der Waals surface area contributed by atoms with Crippen molar-refractivity contribution in [1.29, 1.82) is 0 Å². The van der Waals surface area contributed by atoms with Crippen LogP contribution in [0.15, 0.2) is 67.1 Å². The molecule has 2 amide bonds. The van der Waals surface area contributed by atoms with Crippen LogP contribution >= 0.6 is 0 Å². The second-order valence-electron chi connectivity index (χ2n) is 8.76. The van der Waals surface area contributed by atoms with Crippen molar-refractivity contribution in [2.24, 2.45) is 14.1 Å². The Balaban J connectivity index is 1.47. The number of rotatable bonds is 5. The number of aromatic nitrogens is 4. The van der Waals surface area contributed by atoms with Crippen LogP contribution in [-0.4, -0.2) is 38.4 Å². The van der Waals surface area contributed by atoms with Gasteiger partial charge in [0.15, 0.2) is 0 Å². The minimum absolute atomic E-state index is 0.179. The summed E-state index contributed by atoms with van der Waals surface area (Å²) in [6.45, 7) is -0.527. The molecule has 6 rings (SSSR count). The number of fused-ring (bicyclic) bond motifs is 3. The number of nitrogens with zero attached hydrogens (tertiary/aromatic N) is 6. The average molecular weight is 488 g/mol. The molecule has 0 N–H and O–H groups in total. The fraction of sp³-hybridized carbons (Fsp3) is 0.192. The van der Waals surface area contributed by atoms with Crippen LogP contribution in [0.5, 0.6) is 5.75 Å². The maximum atomic E-state index is 14.0. The van der Waals surface area contributed by atoms with E-state index in [1.165, 1.54) is 6.20 Å². The highest BCUT2D eigenvalue weighted by atomic mass is 19.3. The summed E-state index contributed by atoms with van der Waals surface area (Å²) in [5.74, 6) is 0.179. The number of hydrogen-bond donors (Lipinski definition) is 0. The van der Waals surface area contributed by atoms with E-state index in [2.05, 4.69) is 10.1 Å². The maximum absolute atomic E-state index is 14.0. The summed E-state index contributed by atoms with van der Waals surface area (Å²) < 4.78 is 34.4. The number of carbonyl (C=O) groups is 1. The van der Waals surface area contributed by atoms with E-state index < -0.39 is 13.0 Å². The lowest BCUT2D eigenvalue weighted by molar-refractivity contribution is 0.0817. The summed E-state index contributed by atoms with van der Waals surface area (Å²) >= 11 is 0. The zero-order valence-corrected chi connectivity index (χ0v) is 19.6. The molecule has 3 aromatic heterocycles. The topological polar surface area (TPSA) is 68.4 Å². The van der Waals surface area contributed by atoms with Gasteiger partial charge in [-0.1, -0.05) is 0 Å². The van der Waals surface area contributed by atoms with Gasteiger partial charge in [-0.25, -0.2) is 13.6 Å². The number of halogens is 2. The van der Waals surface area contributed by atoms with Gasteiger partial charge in [-0.05, 0) is 42.5 Å². The molecule has 0 unspecified atom stereocenters. The number of ether oxygens (including phenoxy) is 1. The fourth-order valence-electron chi connectivity index (χ4n) is 4.62. The second kappa shape index (κ2) is 8.33. The molecule has 4 heterocycles. The van der Waals surface area contributed by atoms with Gasteiger partial charge in [0, 0.05) is 54.5 Å². The van der Waals surface area contributed by atoms with E-state index in [0.29, 0.717) is 22.8 Å². The number of hydrogen-bond acceptors (Lipinski definition) is 4. The Morgan fingerprint density at radius 1 is 1.03 bits per heavy atom. The predicted molar refractivity (Wildman–Crippen MR) is 133 cm³/mol. The molecule has 10 heteroatoms. The number of urea groups is 1. The van der Waals surface area contributed by atoms with Gasteiger partial charge in [-0.3, -0.25) is 19.5 Å². The molecule has 0 saturated heterocycles. The first-order chi connectivity index (χ1) is 17.4. The normalized spacial score (nSPS) is 13.8. The molecule has 8 nitrogen and oxygen atoms in total. The van der Waals surface area contributed by atoms with E-state index in [1.807, 2.05) is 73.5 Å². The summed E-state index contributed by atoms with van der Waals surface area (Å²) in [4.78, 5) is 21.7. The minimum atomic E-state index is -2.61. The van der Waals surface area contributed by atoms with Crippen LogP contribution in [0.4, 0.5) is 30.6 Å². The third-order valence-electron chi connectivity index (χ3n) is 6.31. The molecule has 182 valence electrons. The van der Waals surface area contributed by atoms with Crippen LogP contribution in [0.2, 0.25) is 0 Å². The van der Waals surface area contributed by atoms with Crippen LogP contribution in [0.1, 0.15) is 5.69 Å². The lowest BCUT2D eigenvalue weighted by Crippen LogP contribution is -2.45. The lowest BCUT2D eigenvalue weighted by Gasteiger charge is -2.36. The maximum Gasteiger partial charge on any atom is 0.334 e. The van der Waals surface area contributed by atoms with Crippen molar-refractivity contribution < 1.29 is 18.3 Å². The Morgan fingerprint density at radius 2 is 1.83 bits per heavy atom.